The number of benzene rings is 2. The first-order chi connectivity index (χ1) is 13.9. The van der Waals surface area contributed by atoms with Gasteiger partial charge in [-0.15, -0.1) is 0 Å². The van der Waals surface area contributed by atoms with E-state index in [-0.39, 0.29) is 11.8 Å². The van der Waals surface area contributed by atoms with E-state index in [1.807, 2.05) is 26.8 Å². The molecule has 0 saturated carbocycles. The standard InChI is InChI=1S/C23H23ClN2O3/c1-14-4-5-15(2)20-19(14)16(3)21(29-20)23(28)26-12-10-25(11-13-26)22(27)17-6-8-18(24)9-7-17/h4-9H,10-13H2,1-3H3. The smallest absolute Gasteiger partial charge is 0.290 e. The Labute approximate surface area is 174 Å². The van der Waals surface area contributed by atoms with E-state index in [9.17, 15) is 9.59 Å². The molecule has 3 aromatic rings. The highest BCUT2D eigenvalue weighted by Crippen LogP contribution is 2.31. The molecule has 29 heavy (non-hydrogen) atoms. The second kappa shape index (κ2) is 7.56. The number of hydrogen-bond donors (Lipinski definition) is 0. The average molecular weight is 411 g/mol. The van der Waals surface area contributed by atoms with E-state index in [0.717, 1.165) is 27.7 Å². The lowest BCUT2D eigenvalue weighted by Gasteiger charge is -2.34. The fourth-order valence-corrected chi connectivity index (χ4v) is 4.04. The molecule has 0 N–H and O–H groups in total. The minimum atomic E-state index is -0.115. The number of rotatable bonds is 2. The molecule has 0 bridgehead atoms. The Morgan fingerprint density at radius 1 is 0.828 bits per heavy atom. The van der Waals surface area contributed by atoms with E-state index < -0.39 is 0 Å². The van der Waals surface area contributed by atoms with Crippen LogP contribution in [0.4, 0.5) is 0 Å². The second-order valence-corrected chi connectivity index (χ2v) is 7.99. The van der Waals surface area contributed by atoms with Crippen molar-refractivity contribution >= 4 is 34.4 Å². The van der Waals surface area contributed by atoms with Crippen LogP contribution in [0.25, 0.3) is 11.0 Å². The van der Waals surface area contributed by atoms with Crippen LogP contribution in [-0.4, -0.2) is 47.8 Å². The summed E-state index contributed by atoms with van der Waals surface area (Å²) in [6.45, 7) is 7.89. The number of piperazine rings is 1. The number of nitrogens with zero attached hydrogens (tertiary/aromatic N) is 2. The molecule has 4 rings (SSSR count). The molecule has 0 radical (unpaired) electrons. The van der Waals surface area contributed by atoms with Crippen LogP contribution in [0, 0.1) is 20.8 Å². The first-order valence-corrected chi connectivity index (χ1v) is 10.1. The van der Waals surface area contributed by atoms with Crippen molar-refractivity contribution in [3.8, 4) is 0 Å². The van der Waals surface area contributed by atoms with Gasteiger partial charge < -0.3 is 14.2 Å². The van der Waals surface area contributed by atoms with Crippen molar-refractivity contribution in [3.63, 3.8) is 0 Å². The minimum Gasteiger partial charge on any atom is -0.450 e. The van der Waals surface area contributed by atoms with Crippen LogP contribution in [0.2, 0.25) is 5.02 Å². The number of carbonyl (C=O) groups is 2. The molecule has 0 atom stereocenters. The van der Waals surface area contributed by atoms with Gasteiger partial charge in [-0.3, -0.25) is 9.59 Å². The monoisotopic (exact) mass is 410 g/mol. The van der Waals surface area contributed by atoms with Gasteiger partial charge in [-0.05, 0) is 56.2 Å². The topological polar surface area (TPSA) is 53.8 Å². The van der Waals surface area contributed by atoms with Gasteiger partial charge >= 0.3 is 0 Å². The Balaban J connectivity index is 1.50. The number of halogens is 1. The predicted molar refractivity (Wildman–Crippen MR) is 114 cm³/mol. The summed E-state index contributed by atoms with van der Waals surface area (Å²) in [4.78, 5) is 29.3. The lowest BCUT2D eigenvalue weighted by atomic mass is 10.0. The first-order valence-electron chi connectivity index (χ1n) is 9.70. The Bertz CT molecular complexity index is 1090. The normalized spacial score (nSPS) is 14.5. The molecular formula is C23H23ClN2O3. The van der Waals surface area contributed by atoms with Gasteiger partial charge in [-0.1, -0.05) is 23.7 Å². The Morgan fingerprint density at radius 2 is 1.38 bits per heavy atom. The van der Waals surface area contributed by atoms with Crippen LogP contribution in [0.1, 0.15) is 37.6 Å². The summed E-state index contributed by atoms with van der Waals surface area (Å²) in [5.41, 5.74) is 4.39. The van der Waals surface area contributed by atoms with E-state index in [2.05, 4.69) is 6.07 Å². The van der Waals surface area contributed by atoms with Crippen molar-refractivity contribution in [2.24, 2.45) is 0 Å². The molecule has 6 heteroatoms. The van der Waals surface area contributed by atoms with Crippen molar-refractivity contribution in [2.45, 2.75) is 20.8 Å². The summed E-state index contributed by atoms with van der Waals surface area (Å²) in [6.07, 6.45) is 0. The maximum atomic E-state index is 13.1. The van der Waals surface area contributed by atoms with Gasteiger partial charge in [0.15, 0.2) is 5.76 Å². The third-order valence-corrected chi connectivity index (χ3v) is 5.87. The fraction of sp³-hybridized carbons (Fsp3) is 0.304. The van der Waals surface area contributed by atoms with Crippen LogP contribution in [0.3, 0.4) is 0 Å². The second-order valence-electron chi connectivity index (χ2n) is 7.55. The number of fused-ring (bicyclic) bond motifs is 1. The fourth-order valence-electron chi connectivity index (χ4n) is 3.91. The lowest BCUT2D eigenvalue weighted by molar-refractivity contribution is 0.0519. The lowest BCUT2D eigenvalue weighted by Crippen LogP contribution is -2.50. The van der Waals surface area contributed by atoms with E-state index >= 15 is 0 Å². The molecule has 2 heterocycles. The molecular weight excluding hydrogens is 388 g/mol. The molecule has 0 spiro atoms. The molecule has 1 aliphatic rings. The van der Waals surface area contributed by atoms with Crippen molar-refractivity contribution in [2.75, 3.05) is 26.2 Å². The SMILES string of the molecule is Cc1ccc(C)c2c(C)c(C(=O)N3CCN(C(=O)c4ccc(Cl)cc4)CC3)oc12. The molecule has 5 nitrogen and oxygen atoms in total. The van der Waals surface area contributed by atoms with E-state index in [4.69, 9.17) is 16.0 Å². The van der Waals surface area contributed by atoms with Crippen LogP contribution >= 0.6 is 11.6 Å². The van der Waals surface area contributed by atoms with Crippen LogP contribution in [0.15, 0.2) is 40.8 Å². The molecule has 150 valence electrons. The van der Waals surface area contributed by atoms with E-state index in [1.165, 1.54) is 0 Å². The van der Waals surface area contributed by atoms with Crippen LogP contribution in [-0.2, 0) is 0 Å². The first kappa shape index (κ1) is 19.5. The molecule has 2 amide bonds. The maximum absolute atomic E-state index is 13.1. The van der Waals surface area contributed by atoms with Crippen molar-refractivity contribution in [1.29, 1.82) is 0 Å². The zero-order valence-corrected chi connectivity index (χ0v) is 17.5. The van der Waals surface area contributed by atoms with Gasteiger partial charge in [0.2, 0.25) is 0 Å². The summed E-state index contributed by atoms with van der Waals surface area (Å²) in [6, 6.07) is 10.9. The summed E-state index contributed by atoms with van der Waals surface area (Å²) in [5, 5.41) is 1.62. The summed E-state index contributed by atoms with van der Waals surface area (Å²) >= 11 is 5.90. The number of aryl methyl sites for hydroxylation is 3. The molecule has 1 fully saturated rings. The molecule has 1 aromatic heterocycles. The molecule has 2 aromatic carbocycles. The molecule has 0 unspecified atom stereocenters. The predicted octanol–water partition coefficient (Wildman–Crippen LogP) is 4.61. The Kier molecular flexibility index (Phi) is 5.09. The Hall–Kier alpha value is -2.79. The van der Waals surface area contributed by atoms with Crippen molar-refractivity contribution < 1.29 is 14.0 Å². The number of amides is 2. The average Bonchev–Trinajstić information content (AvgIpc) is 3.09. The molecule has 0 aliphatic carbocycles. The van der Waals surface area contributed by atoms with Gasteiger partial charge in [-0.2, -0.15) is 0 Å². The summed E-state index contributed by atoms with van der Waals surface area (Å²) in [5.74, 6) is 0.242. The summed E-state index contributed by atoms with van der Waals surface area (Å²) < 4.78 is 6.00. The zero-order valence-electron chi connectivity index (χ0n) is 16.8. The molecule has 1 saturated heterocycles. The van der Waals surface area contributed by atoms with Crippen LogP contribution in [0.5, 0.6) is 0 Å². The largest absolute Gasteiger partial charge is 0.450 e. The highest BCUT2D eigenvalue weighted by atomic mass is 35.5. The van der Waals surface area contributed by atoms with E-state index in [0.29, 0.717) is 42.5 Å². The van der Waals surface area contributed by atoms with Gasteiger partial charge in [0.05, 0.1) is 0 Å². The number of hydrogen-bond acceptors (Lipinski definition) is 3. The van der Waals surface area contributed by atoms with Crippen molar-refractivity contribution in [1.82, 2.24) is 9.80 Å². The van der Waals surface area contributed by atoms with Crippen molar-refractivity contribution in [3.05, 3.63) is 69.4 Å². The maximum Gasteiger partial charge on any atom is 0.290 e. The third-order valence-electron chi connectivity index (χ3n) is 5.62. The Morgan fingerprint density at radius 3 is 1.97 bits per heavy atom. The quantitative estimate of drug-likeness (QED) is 0.620. The number of furan rings is 1. The highest BCUT2D eigenvalue weighted by molar-refractivity contribution is 6.30. The number of carbonyl (C=O) groups excluding carboxylic acids is 2. The zero-order chi connectivity index (χ0) is 20.7. The van der Waals surface area contributed by atoms with E-state index in [1.54, 1.807) is 34.1 Å². The van der Waals surface area contributed by atoms with Gasteiger partial charge in [0.1, 0.15) is 5.58 Å². The molecule has 1 aliphatic heterocycles. The minimum absolute atomic E-state index is 0.0417. The van der Waals surface area contributed by atoms with Gasteiger partial charge in [0, 0.05) is 47.7 Å². The highest BCUT2D eigenvalue weighted by Gasteiger charge is 2.29. The van der Waals surface area contributed by atoms with Gasteiger partial charge in [0.25, 0.3) is 11.8 Å². The third kappa shape index (κ3) is 3.51. The summed E-state index contributed by atoms with van der Waals surface area (Å²) in [7, 11) is 0. The van der Waals surface area contributed by atoms with Gasteiger partial charge in [-0.25, -0.2) is 0 Å². The van der Waals surface area contributed by atoms with Crippen LogP contribution < -0.4 is 0 Å².